The number of esters is 4. The molecule has 0 fully saturated rings. The number of unbranched alkanes of at least 4 members (excludes halogenated alkanes) is 58. The van der Waals surface area contributed by atoms with Crippen LogP contribution in [0.4, 0.5) is 0 Å². The van der Waals surface area contributed by atoms with Crippen molar-refractivity contribution in [1.29, 1.82) is 0 Å². The summed E-state index contributed by atoms with van der Waals surface area (Å²) in [5, 5.41) is 10.7. The lowest BCUT2D eigenvalue weighted by molar-refractivity contribution is -0.161. The summed E-state index contributed by atoms with van der Waals surface area (Å²) in [7, 11) is -9.93. The van der Waals surface area contributed by atoms with E-state index >= 15 is 0 Å². The van der Waals surface area contributed by atoms with Gasteiger partial charge in [-0.25, -0.2) is 9.13 Å². The Morgan fingerprint density at radius 3 is 0.648 bits per heavy atom. The Balaban J connectivity index is 5.22. The first kappa shape index (κ1) is 103. The Labute approximate surface area is 645 Å². The Hall–Kier alpha value is -1.94. The number of carbonyl (C=O) groups is 4. The molecule has 0 bridgehead atoms. The zero-order valence-electron chi connectivity index (χ0n) is 68.9. The highest BCUT2D eigenvalue weighted by atomic mass is 31.2. The van der Waals surface area contributed by atoms with Crippen molar-refractivity contribution in [2.75, 3.05) is 39.6 Å². The normalized spacial score (nSPS) is 13.8. The fourth-order valence-corrected chi connectivity index (χ4v) is 15.1. The van der Waals surface area contributed by atoms with Crippen molar-refractivity contribution in [3.8, 4) is 0 Å². The fourth-order valence-electron chi connectivity index (χ4n) is 13.5. The molecule has 0 aliphatic carbocycles. The van der Waals surface area contributed by atoms with Crippen molar-refractivity contribution >= 4 is 39.5 Å². The molecular formula is C86H168O17P2. The van der Waals surface area contributed by atoms with Gasteiger partial charge in [-0.2, -0.15) is 0 Å². The lowest BCUT2D eigenvalue weighted by atomic mass is 10.0. The molecule has 3 N–H and O–H groups in total. The summed E-state index contributed by atoms with van der Waals surface area (Å²) in [4.78, 5) is 73.2. The Kier molecular flexibility index (Phi) is 77.3. The number of phosphoric acid groups is 2. The highest BCUT2D eigenvalue weighted by Crippen LogP contribution is 2.45. The van der Waals surface area contributed by atoms with Gasteiger partial charge in [0.1, 0.15) is 19.3 Å². The van der Waals surface area contributed by atoms with Crippen molar-refractivity contribution in [1.82, 2.24) is 0 Å². The molecule has 0 saturated heterocycles. The van der Waals surface area contributed by atoms with Crippen LogP contribution in [0.15, 0.2) is 0 Å². The van der Waals surface area contributed by atoms with Crippen LogP contribution in [0, 0.1) is 5.92 Å². The van der Waals surface area contributed by atoms with Crippen LogP contribution in [0.25, 0.3) is 0 Å². The predicted molar refractivity (Wildman–Crippen MR) is 432 cm³/mol. The summed E-state index contributed by atoms with van der Waals surface area (Å²) in [5.41, 5.74) is 0. The third-order valence-electron chi connectivity index (χ3n) is 20.3. The third kappa shape index (κ3) is 79.9. The maximum Gasteiger partial charge on any atom is 0.472 e. The van der Waals surface area contributed by atoms with Gasteiger partial charge in [0.2, 0.25) is 0 Å². The van der Waals surface area contributed by atoms with E-state index in [1.165, 1.54) is 289 Å². The van der Waals surface area contributed by atoms with Gasteiger partial charge in [-0.15, -0.1) is 0 Å². The molecule has 105 heavy (non-hydrogen) atoms. The molecule has 0 aliphatic rings. The van der Waals surface area contributed by atoms with Crippen LogP contribution in [-0.2, 0) is 65.4 Å². The topological polar surface area (TPSA) is 237 Å². The lowest BCUT2D eigenvalue weighted by Gasteiger charge is -2.21. The molecule has 0 aliphatic heterocycles. The molecular weight excluding hydrogens is 1370 g/mol. The van der Waals surface area contributed by atoms with Gasteiger partial charge >= 0.3 is 39.5 Å². The van der Waals surface area contributed by atoms with E-state index in [4.69, 9.17) is 37.0 Å². The van der Waals surface area contributed by atoms with Gasteiger partial charge in [0.25, 0.3) is 0 Å². The van der Waals surface area contributed by atoms with Gasteiger partial charge in [0.15, 0.2) is 12.2 Å². The van der Waals surface area contributed by atoms with Crippen LogP contribution < -0.4 is 0 Å². The quantitative estimate of drug-likeness (QED) is 0.0222. The van der Waals surface area contributed by atoms with E-state index in [2.05, 4.69) is 34.6 Å². The molecule has 0 radical (unpaired) electrons. The van der Waals surface area contributed by atoms with Crippen molar-refractivity contribution in [3.05, 3.63) is 0 Å². The first-order valence-corrected chi connectivity index (χ1v) is 47.6. The molecule has 0 rings (SSSR count). The van der Waals surface area contributed by atoms with Crippen LogP contribution >= 0.6 is 15.6 Å². The number of aliphatic hydroxyl groups excluding tert-OH is 1. The number of hydrogen-bond donors (Lipinski definition) is 3. The number of carbonyl (C=O) groups excluding carboxylic acids is 4. The largest absolute Gasteiger partial charge is 0.472 e. The summed E-state index contributed by atoms with van der Waals surface area (Å²) in [6.07, 6.45) is 72.2. The summed E-state index contributed by atoms with van der Waals surface area (Å²) in [6, 6.07) is 0. The van der Waals surface area contributed by atoms with Gasteiger partial charge < -0.3 is 33.8 Å². The fraction of sp³-hybridized carbons (Fsp3) is 0.953. The molecule has 2 unspecified atom stereocenters. The average Bonchev–Trinajstić information content (AvgIpc) is 0.925. The first-order chi connectivity index (χ1) is 51.0. The number of aliphatic hydroxyl groups is 1. The smallest absolute Gasteiger partial charge is 0.462 e. The molecule has 624 valence electrons. The number of ether oxygens (including phenoxy) is 4. The van der Waals surface area contributed by atoms with Crippen LogP contribution in [-0.4, -0.2) is 96.7 Å². The highest BCUT2D eigenvalue weighted by molar-refractivity contribution is 7.47. The maximum atomic E-state index is 13.1. The van der Waals surface area contributed by atoms with Gasteiger partial charge in [-0.1, -0.05) is 413 Å². The van der Waals surface area contributed by atoms with Gasteiger partial charge in [0, 0.05) is 25.7 Å². The van der Waals surface area contributed by atoms with Crippen molar-refractivity contribution in [2.45, 2.75) is 483 Å². The minimum atomic E-state index is -4.97. The molecule has 17 nitrogen and oxygen atoms in total. The lowest BCUT2D eigenvalue weighted by Crippen LogP contribution is -2.30. The van der Waals surface area contributed by atoms with E-state index in [-0.39, 0.29) is 25.7 Å². The van der Waals surface area contributed by atoms with Crippen molar-refractivity contribution in [2.24, 2.45) is 5.92 Å². The van der Waals surface area contributed by atoms with E-state index in [0.717, 1.165) is 95.8 Å². The SMILES string of the molecule is CCCCCCCCCCCCCCCCCCCCCCCC(=O)O[C@H](COC(=O)CCCCCCCCCCCCCCCCCC(C)C)COP(=O)(O)OC[C@@H](O)COP(=O)(O)OC[C@@H](COC(=O)CCCCCCCCCCCC)OC(=O)CCCCCCCCCCCCCCCCCC. The molecule has 0 saturated carbocycles. The van der Waals surface area contributed by atoms with Crippen molar-refractivity contribution < 1.29 is 80.2 Å². The molecule has 0 aromatic rings. The predicted octanol–water partition coefficient (Wildman–Crippen LogP) is 26.4. The standard InChI is InChI=1S/C86H168O17P2/c1-6-9-12-15-18-21-24-26-28-30-31-32-33-34-38-43-47-52-57-62-67-72-86(91)103-82(76-97-84(89)70-65-60-55-50-45-41-39-35-36-40-44-48-53-58-63-68-79(4)5)78-101-105(94,95)99-74-80(87)73-98-104(92,93)100-77-81(75-96-83(88)69-64-59-54-49-23-20-17-14-11-8-3)102-85(90)71-66-61-56-51-46-42-37-29-27-25-22-19-16-13-10-7-2/h79-82,87H,6-78H2,1-5H3,(H,92,93)(H,94,95)/t80-,81+,82+/m0/s1. The monoisotopic (exact) mass is 1540 g/mol. The minimum absolute atomic E-state index is 0.109. The summed E-state index contributed by atoms with van der Waals surface area (Å²) < 4.78 is 68.9. The minimum Gasteiger partial charge on any atom is -0.462 e. The maximum absolute atomic E-state index is 13.1. The number of rotatable bonds is 86. The van der Waals surface area contributed by atoms with Gasteiger partial charge in [-0.05, 0) is 31.6 Å². The van der Waals surface area contributed by atoms with E-state index in [1.54, 1.807) is 0 Å². The molecule has 0 aromatic carbocycles. The molecule has 5 atom stereocenters. The Morgan fingerprint density at radius 2 is 0.438 bits per heavy atom. The Bertz CT molecular complexity index is 2000. The summed E-state index contributed by atoms with van der Waals surface area (Å²) >= 11 is 0. The zero-order chi connectivity index (χ0) is 76.9. The average molecular weight is 1540 g/mol. The van der Waals surface area contributed by atoms with Gasteiger partial charge in [0.05, 0.1) is 26.4 Å². The van der Waals surface area contributed by atoms with E-state index in [0.29, 0.717) is 25.7 Å². The number of hydrogen-bond acceptors (Lipinski definition) is 15. The first-order valence-electron chi connectivity index (χ1n) is 44.6. The van der Waals surface area contributed by atoms with E-state index in [9.17, 15) is 43.2 Å². The molecule has 0 amide bonds. The second kappa shape index (κ2) is 78.7. The summed E-state index contributed by atoms with van der Waals surface area (Å²) in [6.45, 7) is 7.39. The summed E-state index contributed by atoms with van der Waals surface area (Å²) in [5.74, 6) is -1.29. The van der Waals surface area contributed by atoms with Crippen LogP contribution in [0.2, 0.25) is 0 Å². The second-order valence-electron chi connectivity index (χ2n) is 31.4. The second-order valence-corrected chi connectivity index (χ2v) is 34.3. The van der Waals surface area contributed by atoms with Crippen LogP contribution in [0.5, 0.6) is 0 Å². The Morgan fingerprint density at radius 1 is 0.257 bits per heavy atom. The zero-order valence-corrected chi connectivity index (χ0v) is 70.7. The van der Waals surface area contributed by atoms with E-state index < -0.39 is 97.5 Å². The third-order valence-corrected chi connectivity index (χ3v) is 22.2. The molecule has 0 heterocycles. The van der Waals surface area contributed by atoms with E-state index in [1.807, 2.05) is 0 Å². The molecule has 0 spiro atoms. The van der Waals surface area contributed by atoms with Crippen LogP contribution in [0.1, 0.15) is 465 Å². The van der Waals surface area contributed by atoms with Crippen molar-refractivity contribution in [3.63, 3.8) is 0 Å². The van der Waals surface area contributed by atoms with Gasteiger partial charge in [-0.3, -0.25) is 37.3 Å². The van der Waals surface area contributed by atoms with Crippen LogP contribution in [0.3, 0.4) is 0 Å². The molecule has 0 aromatic heterocycles. The molecule has 19 heteroatoms. The highest BCUT2D eigenvalue weighted by Gasteiger charge is 2.30. The number of phosphoric ester groups is 2.